The lowest BCUT2D eigenvalue weighted by atomic mass is 10.2. The molecule has 0 radical (unpaired) electrons. The summed E-state index contributed by atoms with van der Waals surface area (Å²) in [4.78, 5) is 8.18. The van der Waals surface area contributed by atoms with Crippen molar-refractivity contribution in [3.63, 3.8) is 0 Å². The first-order valence-electron chi connectivity index (χ1n) is 4.25. The minimum absolute atomic E-state index is 0.265. The highest BCUT2D eigenvalue weighted by Gasteiger charge is 2.29. The van der Waals surface area contributed by atoms with E-state index >= 15 is 0 Å². The highest BCUT2D eigenvalue weighted by Crippen LogP contribution is 2.36. The number of nitrogens with zero attached hydrogens (tertiary/aromatic N) is 2. The van der Waals surface area contributed by atoms with E-state index in [1.165, 1.54) is 12.8 Å². The molecule has 2 nitrogen and oxygen atoms in total. The maximum absolute atomic E-state index is 6.14. The van der Waals surface area contributed by atoms with Crippen LogP contribution in [-0.4, -0.2) is 15.3 Å². The predicted molar refractivity (Wildman–Crippen MR) is 48.1 cm³/mol. The molecule has 1 atom stereocenters. The van der Waals surface area contributed by atoms with Crippen LogP contribution >= 0.6 is 11.6 Å². The molecular formula is C9H11ClN2. The van der Waals surface area contributed by atoms with Crippen molar-refractivity contribution >= 4 is 11.6 Å². The molecule has 0 spiro atoms. The fourth-order valence-corrected chi connectivity index (χ4v) is 1.67. The first-order valence-corrected chi connectivity index (χ1v) is 4.69. The fraction of sp³-hybridized carbons (Fsp3) is 0.556. The van der Waals surface area contributed by atoms with E-state index in [2.05, 4.69) is 9.97 Å². The Kier molecular flexibility index (Phi) is 2.26. The maximum Gasteiger partial charge on any atom is 0.0601 e. The second-order valence-corrected chi connectivity index (χ2v) is 3.81. The molecule has 0 bridgehead atoms. The summed E-state index contributed by atoms with van der Waals surface area (Å²) in [6.07, 6.45) is 8.62. The van der Waals surface area contributed by atoms with Crippen LogP contribution in [0.25, 0.3) is 0 Å². The Morgan fingerprint density at radius 3 is 2.92 bits per heavy atom. The summed E-state index contributed by atoms with van der Waals surface area (Å²) in [6.45, 7) is 0. The largest absolute Gasteiger partial charge is 0.261 e. The Morgan fingerprint density at radius 1 is 1.50 bits per heavy atom. The molecule has 1 aliphatic carbocycles. The molecule has 1 saturated carbocycles. The Morgan fingerprint density at radius 2 is 2.33 bits per heavy atom. The van der Waals surface area contributed by atoms with Crippen LogP contribution in [0, 0.1) is 5.92 Å². The van der Waals surface area contributed by atoms with Gasteiger partial charge in [-0.05, 0) is 18.8 Å². The average Bonchev–Trinajstić information content (AvgIpc) is 2.88. The van der Waals surface area contributed by atoms with E-state index in [4.69, 9.17) is 11.6 Å². The fourth-order valence-electron chi connectivity index (χ4n) is 1.26. The first-order chi connectivity index (χ1) is 5.86. The molecule has 1 unspecified atom stereocenters. The molecule has 0 saturated heterocycles. The van der Waals surface area contributed by atoms with Crippen molar-refractivity contribution in [1.29, 1.82) is 0 Å². The summed E-state index contributed by atoms with van der Waals surface area (Å²) in [5.74, 6) is 0.730. The van der Waals surface area contributed by atoms with E-state index in [0.717, 1.165) is 18.0 Å². The molecule has 2 rings (SSSR count). The van der Waals surface area contributed by atoms with Gasteiger partial charge in [0.25, 0.3) is 0 Å². The molecule has 64 valence electrons. The number of aromatic nitrogens is 2. The third kappa shape index (κ3) is 1.95. The second-order valence-electron chi connectivity index (χ2n) is 3.25. The predicted octanol–water partition coefficient (Wildman–Crippen LogP) is 2.04. The van der Waals surface area contributed by atoms with Gasteiger partial charge in [-0.2, -0.15) is 0 Å². The Balaban J connectivity index is 1.94. The van der Waals surface area contributed by atoms with Crippen LogP contribution in [0.3, 0.4) is 0 Å². The molecule has 1 fully saturated rings. The van der Waals surface area contributed by atoms with Gasteiger partial charge in [0.1, 0.15) is 0 Å². The summed E-state index contributed by atoms with van der Waals surface area (Å²) >= 11 is 6.14. The van der Waals surface area contributed by atoms with Gasteiger partial charge in [-0.1, -0.05) is 0 Å². The number of hydrogen-bond acceptors (Lipinski definition) is 2. The highest BCUT2D eigenvalue weighted by atomic mass is 35.5. The SMILES string of the molecule is ClC(Cc1cnccn1)C1CC1. The minimum atomic E-state index is 0.265. The van der Waals surface area contributed by atoms with Crippen molar-refractivity contribution in [2.45, 2.75) is 24.6 Å². The molecule has 0 aliphatic heterocycles. The topological polar surface area (TPSA) is 25.8 Å². The number of halogens is 1. The summed E-state index contributed by atoms with van der Waals surface area (Å²) in [5.41, 5.74) is 1.00. The Hall–Kier alpha value is -0.630. The van der Waals surface area contributed by atoms with Gasteiger partial charge in [-0.25, -0.2) is 0 Å². The summed E-state index contributed by atoms with van der Waals surface area (Å²) < 4.78 is 0. The summed E-state index contributed by atoms with van der Waals surface area (Å²) in [5, 5.41) is 0.265. The molecule has 3 heteroatoms. The van der Waals surface area contributed by atoms with E-state index < -0.39 is 0 Å². The summed E-state index contributed by atoms with van der Waals surface area (Å²) in [7, 11) is 0. The molecule has 1 aromatic rings. The Bertz CT molecular complexity index is 246. The number of alkyl halides is 1. The Labute approximate surface area is 77.0 Å². The smallest absolute Gasteiger partial charge is 0.0601 e. The van der Waals surface area contributed by atoms with Crippen molar-refractivity contribution in [3.8, 4) is 0 Å². The molecule has 12 heavy (non-hydrogen) atoms. The molecular weight excluding hydrogens is 172 g/mol. The molecule has 0 aromatic carbocycles. The van der Waals surface area contributed by atoms with Crippen LogP contribution in [0.4, 0.5) is 0 Å². The van der Waals surface area contributed by atoms with Gasteiger partial charge in [-0.3, -0.25) is 9.97 Å². The number of hydrogen-bond donors (Lipinski definition) is 0. The van der Waals surface area contributed by atoms with Crippen LogP contribution in [0.1, 0.15) is 18.5 Å². The van der Waals surface area contributed by atoms with Crippen molar-refractivity contribution in [2.24, 2.45) is 5.92 Å². The lowest BCUT2D eigenvalue weighted by molar-refractivity contribution is 0.721. The van der Waals surface area contributed by atoms with Crippen molar-refractivity contribution < 1.29 is 0 Å². The van der Waals surface area contributed by atoms with Crippen LogP contribution in [-0.2, 0) is 6.42 Å². The van der Waals surface area contributed by atoms with Gasteiger partial charge < -0.3 is 0 Å². The lowest BCUT2D eigenvalue weighted by Gasteiger charge is -2.05. The summed E-state index contributed by atoms with van der Waals surface area (Å²) in [6, 6.07) is 0. The monoisotopic (exact) mass is 182 g/mol. The van der Waals surface area contributed by atoms with Gasteiger partial charge >= 0.3 is 0 Å². The lowest BCUT2D eigenvalue weighted by Crippen LogP contribution is -2.06. The van der Waals surface area contributed by atoms with Gasteiger partial charge in [0.05, 0.1) is 5.69 Å². The first kappa shape index (κ1) is 7.99. The van der Waals surface area contributed by atoms with E-state index in [9.17, 15) is 0 Å². The zero-order chi connectivity index (χ0) is 8.39. The van der Waals surface area contributed by atoms with Gasteiger partial charge in [-0.15, -0.1) is 11.6 Å². The molecule has 1 aromatic heterocycles. The van der Waals surface area contributed by atoms with Crippen molar-refractivity contribution in [1.82, 2.24) is 9.97 Å². The minimum Gasteiger partial charge on any atom is -0.261 e. The van der Waals surface area contributed by atoms with Gasteiger partial charge in [0, 0.05) is 30.4 Å². The van der Waals surface area contributed by atoms with E-state index in [1.54, 1.807) is 18.6 Å². The number of rotatable bonds is 3. The molecule has 1 heterocycles. The molecule has 0 N–H and O–H groups in total. The normalized spacial score (nSPS) is 19.1. The third-order valence-electron chi connectivity index (χ3n) is 2.15. The van der Waals surface area contributed by atoms with Crippen molar-refractivity contribution in [2.75, 3.05) is 0 Å². The zero-order valence-electron chi connectivity index (χ0n) is 6.78. The molecule has 0 amide bonds. The van der Waals surface area contributed by atoms with Crippen LogP contribution < -0.4 is 0 Å². The van der Waals surface area contributed by atoms with Gasteiger partial charge in [0.15, 0.2) is 0 Å². The highest BCUT2D eigenvalue weighted by molar-refractivity contribution is 6.21. The van der Waals surface area contributed by atoms with Crippen LogP contribution in [0.15, 0.2) is 18.6 Å². The van der Waals surface area contributed by atoms with E-state index in [1.807, 2.05) is 0 Å². The zero-order valence-corrected chi connectivity index (χ0v) is 7.54. The standard InChI is InChI=1S/C9H11ClN2/c10-9(7-1-2-7)5-8-6-11-3-4-12-8/h3-4,6-7,9H,1-2,5H2. The average molecular weight is 183 g/mol. The molecule has 1 aliphatic rings. The van der Waals surface area contributed by atoms with Crippen molar-refractivity contribution in [3.05, 3.63) is 24.3 Å². The van der Waals surface area contributed by atoms with Crippen LogP contribution in [0.5, 0.6) is 0 Å². The van der Waals surface area contributed by atoms with Gasteiger partial charge in [0.2, 0.25) is 0 Å². The quantitative estimate of drug-likeness (QED) is 0.669. The van der Waals surface area contributed by atoms with E-state index in [-0.39, 0.29) is 5.38 Å². The third-order valence-corrected chi connectivity index (χ3v) is 2.66. The van der Waals surface area contributed by atoms with E-state index in [0.29, 0.717) is 0 Å². The second kappa shape index (κ2) is 3.40. The van der Waals surface area contributed by atoms with Crippen LogP contribution in [0.2, 0.25) is 0 Å². The maximum atomic E-state index is 6.14.